The quantitative estimate of drug-likeness (QED) is 0.859. The van der Waals surface area contributed by atoms with Crippen molar-refractivity contribution in [3.63, 3.8) is 0 Å². The topological polar surface area (TPSA) is 49.6 Å². The second kappa shape index (κ2) is 6.16. The Morgan fingerprint density at radius 3 is 2.76 bits per heavy atom. The predicted octanol–water partition coefficient (Wildman–Crippen LogP) is 2.78. The first-order valence-corrected chi connectivity index (χ1v) is 7.62. The summed E-state index contributed by atoms with van der Waals surface area (Å²) in [4.78, 5) is 4.43. The smallest absolute Gasteiger partial charge is 0.137 e. The van der Waals surface area contributed by atoms with Crippen LogP contribution < -0.4 is 5.32 Å². The Labute approximate surface area is 127 Å². The predicted molar refractivity (Wildman–Crippen MR) is 86.3 cm³/mol. The Kier molecular flexibility index (Phi) is 4.69. The fraction of sp³-hybridized carbons (Fsp3) is 0.588. The van der Waals surface area contributed by atoms with E-state index in [2.05, 4.69) is 67.6 Å². The highest BCUT2D eigenvalue weighted by Gasteiger charge is 2.29. The van der Waals surface area contributed by atoms with Gasteiger partial charge in [-0.2, -0.15) is 0 Å². The minimum atomic E-state index is -0.310. The molecule has 0 aliphatic rings. The molecule has 21 heavy (non-hydrogen) atoms. The number of rotatable bonds is 6. The lowest BCUT2D eigenvalue weighted by atomic mass is 9.81. The van der Waals surface area contributed by atoms with E-state index < -0.39 is 0 Å². The molecule has 0 bridgehead atoms. The molecule has 0 radical (unpaired) electrons. The minimum Gasteiger partial charge on any atom is -0.392 e. The van der Waals surface area contributed by atoms with Gasteiger partial charge in [-0.15, -0.1) is 0 Å². The zero-order valence-corrected chi connectivity index (χ0v) is 13.7. The van der Waals surface area contributed by atoms with Gasteiger partial charge in [-0.05, 0) is 30.5 Å². The van der Waals surface area contributed by atoms with Crippen LogP contribution in [-0.2, 0) is 6.54 Å². The van der Waals surface area contributed by atoms with E-state index in [4.69, 9.17) is 0 Å². The molecule has 0 saturated heterocycles. The number of aliphatic hydroxyl groups excluding tert-OH is 1. The summed E-state index contributed by atoms with van der Waals surface area (Å²) < 4.78 is 2.10. The monoisotopic (exact) mass is 289 g/mol. The highest BCUT2D eigenvalue weighted by atomic mass is 16.3. The van der Waals surface area contributed by atoms with Gasteiger partial charge in [0.2, 0.25) is 0 Å². The fourth-order valence-corrected chi connectivity index (χ4v) is 2.79. The summed E-state index contributed by atoms with van der Waals surface area (Å²) in [7, 11) is 0. The lowest BCUT2D eigenvalue weighted by Gasteiger charge is -2.33. The first-order chi connectivity index (χ1) is 9.81. The van der Waals surface area contributed by atoms with Crippen LogP contribution in [0.2, 0.25) is 0 Å². The Morgan fingerprint density at radius 1 is 1.38 bits per heavy atom. The molecule has 2 N–H and O–H groups in total. The Bertz CT molecular complexity index is 601. The normalized spacial score (nSPS) is 14.0. The molecule has 0 amide bonds. The maximum atomic E-state index is 10.3. The average molecular weight is 289 g/mol. The molecule has 2 aromatic heterocycles. The maximum Gasteiger partial charge on any atom is 0.137 e. The van der Waals surface area contributed by atoms with Crippen molar-refractivity contribution >= 4 is 5.65 Å². The third kappa shape index (κ3) is 3.63. The molecule has 0 fully saturated rings. The SMILES string of the molecule is Cc1ccn2c(CNCC(C)(C)C(O)C(C)C)cnc2c1. The van der Waals surface area contributed by atoms with Gasteiger partial charge in [0.05, 0.1) is 18.0 Å². The molecule has 1 unspecified atom stereocenters. The highest BCUT2D eigenvalue weighted by molar-refractivity contribution is 5.42. The Hall–Kier alpha value is -1.39. The number of aromatic nitrogens is 2. The summed E-state index contributed by atoms with van der Waals surface area (Å²) in [6.07, 6.45) is 3.66. The van der Waals surface area contributed by atoms with E-state index in [-0.39, 0.29) is 17.4 Å². The van der Waals surface area contributed by atoms with E-state index in [0.717, 1.165) is 24.4 Å². The van der Waals surface area contributed by atoms with E-state index >= 15 is 0 Å². The van der Waals surface area contributed by atoms with Gasteiger partial charge < -0.3 is 14.8 Å². The fourth-order valence-electron chi connectivity index (χ4n) is 2.79. The van der Waals surface area contributed by atoms with Crippen molar-refractivity contribution in [2.75, 3.05) is 6.54 Å². The molecule has 0 aliphatic heterocycles. The summed E-state index contributed by atoms with van der Waals surface area (Å²) in [5.41, 5.74) is 3.19. The van der Waals surface area contributed by atoms with Gasteiger partial charge >= 0.3 is 0 Å². The Morgan fingerprint density at radius 2 is 2.10 bits per heavy atom. The van der Waals surface area contributed by atoms with Crippen molar-refractivity contribution in [3.05, 3.63) is 35.8 Å². The van der Waals surface area contributed by atoms with Gasteiger partial charge in [0.15, 0.2) is 0 Å². The van der Waals surface area contributed by atoms with E-state index in [0.29, 0.717) is 0 Å². The van der Waals surface area contributed by atoms with E-state index in [1.807, 2.05) is 6.20 Å². The summed E-state index contributed by atoms with van der Waals surface area (Å²) in [6.45, 7) is 11.9. The molecular formula is C17H27N3O. The van der Waals surface area contributed by atoms with Crippen molar-refractivity contribution in [1.29, 1.82) is 0 Å². The van der Waals surface area contributed by atoms with Gasteiger partial charge in [0.25, 0.3) is 0 Å². The first kappa shape index (κ1) is 16.0. The molecular weight excluding hydrogens is 262 g/mol. The summed E-state index contributed by atoms with van der Waals surface area (Å²) in [6, 6.07) is 4.17. The van der Waals surface area contributed by atoms with Crippen LogP contribution in [0.25, 0.3) is 5.65 Å². The van der Waals surface area contributed by atoms with E-state index in [9.17, 15) is 5.11 Å². The molecule has 4 heteroatoms. The number of fused-ring (bicyclic) bond motifs is 1. The number of hydrogen-bond donors (Lipinski definition) is 2. The molecule has 0 spiro atoms. The zero-order valence-electron chi connectivity index (χ0n) is 13.7. The standard InChI is InChI=1S/C17H27N3O/c1-12(2)16(21)17(4,5)11-18-9-14-10-19-15-8-13(3)6-7-20(14)15/h6-8,10,12,16,18,21H,9,11H2,1-5H3. The lowest BCUT2D eigenvalue weighted by Crippen LogP contribution is -2.41. The highest BCUT2D eigenvalue weighted by Crippen LogP contribution is 2.25. The number of nitrogens with one attached hydrogen (secondary N) is 1. The molecule has 2 aromatic rings. The first-order valence-electron chi connectivity index (χ1n) is 7.62. The van der Waals surface area contributed by atoms with Crippen molar-refractivity contribution in [2.24, 2.45) is 11.3 Å². The minimum absolute atomic E-state index is 0.148. The van der Waals surface area contributed by atoms with Crippen LogP contribution in [-0.4, -0.2) is 27.1 Å². The second-order valence-electron chi connectivity index (χ2n) is 6.96. The largest absolute Gasteiger partial charge is 0.392 e. The number of aryl methyl sites for hydroxylation is 1. The van der Waals surface area contributed by atoms with Crippen LogP contribution in [0.1, 0.15) is 39.0 Å². The van der Waals surface area contributed by atoms with Crippen LogP contribution in [0.15, 0.2) is 24.5 Å². The number of hydrogen-bond acceptors (Lipinski definition) is 3. The van der Waals surface area contributed by atoms with Crippen molar-refractivity contribution in [3.8, 4) is 0 Å². The third-order valence-corrected chi connectivity index (χ3v) is 4.06. The number of pyridine rings is 1. The second-order valence-corrected chi connectivity index (χ2v) is 6.96. The third-order valence-electron chi connectivity index (χ3n) is 4.06. The summed E-state index contributed by atoms with van der Waals surface area (Å²) >= 11 is 0. The summed E-state index contributed by atoms with van der Waals surface area (Å²) in [5.74, 6) is 0.264. The molecule has 0 aromatic carbocycles. The molecule has 2 heterocycles. The van der Waals surface area contributed by atoms with Crippen LogP contribution in [0.5, 0.6) is 0 Å². The van der Waals surface area contributed by atoms with Gasteiger partial charge in [-0.25, -0.2) is 4.98 Å². The van der Waals surface area contributed by atoms with Gasteiger partial charge in [0.1, 0.15) is 5.65 Å². The van der Waals surface area contributed by atoms with E-state index in [1.54, 1.807) is 0 Å². The van der Waals surface area contributed by atoms with Crippen molar-refractivity contribution in [2.45, 2.75) is 47.3 Å². The van der Waals surface area contributed by atoms with Gasteiger partial charge in [-0.1, -0.05) is 27.7 Å². The number of aliphatic hydroxyl groups is 1. The zero-order chi connectivity index (χ0) is 15.6. The molecule has 2 rings (SSSR count). The summed E-state index contributed by atoms with van der Waals surface area (Å²) in [5, 5.41) is 13.7. The molecule has 0 aliphatic carbocycles. The van der Waals surface area contributed by atoms with Gasteiger partial charge in [-0.3, -0.25) is 0 Å². The number of nitrogens with zero attached hydrogens (tertiary/aromatic N) is 2. The molecule has 4 nitrogen and oxygen atoms in total. The maximum absolute atomic E-state index is 10.3. The van der Waals surface area contributed by atoms with Crippen molar-refractivity contribution < 1.29 is 5.11 Å². The van der Waals surface area contributed by atoms with Crippen LogP contribution in [0.4, 0.5) is 0 Å². The van der Waals surface area contributed by atoms with Crippen LogP contribution in [0, 0.1) is 18.3 Å². The lowest BCUT2D eigenvalue weighted by molar-refractivity contribution is 0.0134. The number of imidazole rings is 1. The van der Waals surface area contributed by atoms with E-state index in [1.165, 1.54) is 5.56 Å². The molecule has 0 saturated carbocycles. The van der Waals surface area contributed by atoms with Crippen LogP contribution in [0.3, 0.4) is 0 Å². The molecule has 116 valence electrons. The van der Waals surface area contributed by atoms with Crippen molar-refractivity contribution in [1.82, 2.24) is 14.7 Å². The average Bonchev–Trinajstić information content (AvgIpc) is 2.80. The van der Waals surface area contributed by atoms with Gasteiger partial charge in [0, 0.05) is 24.7 Å². The Balaban J connectivity index is 1.99. The molecule has 1 atom stereocenters. The van der Waals surface area contributed by atoms with Crippen LogP contribution >= 0.6 is 0 Å².